The zero-order valence-corrected chi connectivity index (χ0v) is 11.8. The van der Waals surface area contributed by atoms with Gasteiger partial charge in [0.2, 0.25) is 0 Å². The van der Waals surface area contributed by atoms with Crippen LogP contribution in [-0.2, 0) is 9.53 Å². The van der Waals surface area contributed by atoms with E-state index in [9.17, 15) is 4.79 Å². The molecule has 0 aromatic carbocycles. The number of hydrogen-bond acceptors (Lipinski definition) is 3. The summed E-state index contributed by atoms with van der Waals surface area (Å²) in [5, 5.41) is 8.51. The molecule has 102 valence electrons. The molecule has 0 aromatic heterocycles. The molecule has 1 N–H and O–H groups in total. The van der Waals surface area contributed by atoms with E-state index in [0.29, 0.717) is 6.42 Å². The molecule has 3 nitrogen and oxygen atoms in total. The Morgan fingerprint density at radius 2 is 2.17 bits per heavy atom. The van der Waals surface area contributed by atoms with Crippen molar-refractivity contribution in [1.82, 2.24) is 0 Å². The van der Waals surface area contributed by atoms with Crippen LogP contribution < -0.4 is 0 Å². The molecule has 1 aliphatic carbocycles. The van der Waals surface area contributed by atoms with Crippen molar-refractivity contribution in [3.63, 3.8) is 0 Å². The Labute approximate surface area is 113 Å². The highest BCUT2D eigenvalue weighted by Gasteiger charge is 2.08. The van der Waals surface area contributed by atoms with Crippen molar-refractivity contribution in [2.24, 2.45) is 0 Å². The predicted molar refractivity (Wildman–Crippen MR) is 75.6 cm³/mol. The van der Waals surface area contributed by atoms with E-state index in [1.165, 1.54) is 4.91 Å². The monoisotopic (exact) mass is 270 g/mol. The van der Waals surface area contributed by atoms with Crippen molar-refractivity contribution in [2.45, 2.75) is 44.9 Å². The molecule has 18 heavy (non-hydrogen) atoms. The highest BCUT2D eigenvalue weighted by atomic mass is 32.2. The maximum atomic E-state index is 10.3. The molecule has 0 fully saturated rings. The third-order valence-corrected chi connectivity index (χ3v) is 4.04. The molecule has 0 bridgehead atoms. The van der Waals surface area contributed by atoms with Gasteiger partial charge in [-0.15, -0.1) is 11.8 Å². The molecule has 0 heterocycles. The van der Waals surface area contributed by atoms with Crippen LogP contribution in [0.5, 0.6) is 0 Å². The Hall–Kier alpha value is -0.900. The van der Waals surface area contributed by atoms with Crippen LogP contribution in [0.15, 0.2) is 22.8 Å². The van der Waals surface area contributed by atoms with Gasteiger partial charge in [-0.1, -0.05) is 18.9 Å². The minimum Gasteiger partial charge on any atom is -0.500 e. The van der Waals surface area contributed by atoms with Crippen molar-refractivity contribution >= 4 is 17.7 Å². The summed E-state index contributed by atoms with van der Waals surface area (Å²) in [7, 11) is 1.74. The van der Waals surface area contributed by atoms with Gasteiger partial charge in [0.05, 0.1) is 7.11 Å². The zero-order valence-electron chi connectivity index (χ0n) is 11.0. The summed E-state index contributed by atoms with van der Waals surface area (Å²) in [6, 6.07) is 0. The number of unbranched alkanes of at least 4 members (excludes halogenated alkanes) is 3. The number of carboxylic acid groups (broad SMARTS) is 1. The van der Waals surface area contributed by atoms with Crippen LogP contribution in [-0.4, -0.2) is 23.9 Å². The first-order chi connectivity index (χ1) is 8.74. The quantitative estimate of drug-likeness (QED) is 0.644. The zero-order chi connectivity index (χ0) is 13.2. The fourth-order valence-electron chi connectivity index (χ4n) is 1.87. The molecule has 0 radical (unpaired) electrons. The van der Waals surface area contributed by atoms with Crippen LogP contribution in [0.1, 0.15) is 44.9 Å². The van der Waals surface area contributed by atoms with Crippen molar-refractivity contribution in [3.8, 4) is 0 Å². The van der Waals surface area contributed by atoms with Crippen molar-refractivity contribution in [1.29, 1.82) is 0 Å². The number of thioether (sulfide) groups is 1. The highest BCUT2D eigenvalue weighted by molar-refractivity contribution is 8.03. The summed E-state index contributed by atoms with van der Waals surface area (Å²) in [5.74, 6) is 1.50. The number of allylic oxidation sites excluding steroid dienone is 3. The molecule has 0 aromatic rings. The molecule has 0 aliphatic heterocycles. The van der Waals surface area contributed by atoms with Gasteiger partial charge in [0.1, 0.15) is 5.76 Å². The second-order valence-corrected chi connectivity index (χ2v) is 5.48. The molecule has 0 unspecified atom stereocenters. The lowest BCUT2D eigenvalue weighted by molar-refractivity contribution is -0.137. The first-order valence-corrected chi connectivity index (χ1v) is 7.51. The molecule has 0 atom stereocenters. The Kier molecular flexibility index (Phi) is 7.65. The molecular weight excluding hydrogens is 248 g/mol. The number of ether oxygens (including phenoxy) is 1. The largest absolute Gasteiger partial charge is 0.500 e. The van der Waals surface area contributed by atoms with E-state index in [2.05, 4.69) is 12.2 Å². The van der Waals surface area contributed by atoms with Gasteiger partial charge in [-0.2, -0.15) is 0 Å². The maximum absolute atomic E-state index is 10.3. The van der Waals surface area contributed by atoms with Crippen molar-refractivity contribution < 1.29 is 14.6 Å². The lowest BCUT2D eigenvalue weighted by Crippen LogP contribution is -1.96. The van der Waals surface area contributed by atoms with E-state index < -0.39 is 5.97 Å². The van der Waals surface area contributed by atoms with E-state index in [1.807, 2.05) is 11.8 Å². The molecule has 0 saturated heterocycles. The van der Waals surface area contributed by atoms with Gasteiger partial charge in [-0.3, -0.25) is 4.79 Å². The van der Waals surface area contributed by atoms with E-state index >= 15 is 0 Å². The second kappa shape index (κ2) is 9.09. The number of rotatable bonds is 9. The summed E-state index contributed by atoms with van der Waals surface area (Å²) in [4.78, 5) is 11.6. The number of hydrogen-bond donors (Lipinski definition) is 1. The minimum atomic E-state index is -0.688. The number of aliphatic carboxylic acids is 1. The SMILES string of the molecule is COC1=C(SCCCCCCC(=O)O)C=CCC1. The van der Waals surface area contributed by atoms with E-state index in [0.717, 1.165) is 50.0 Å². The van der Waals surface area contributed by atoms with Crippen molar-refractivity contribution in [3.05, 3.63) is 22.8 Å². The summed E-state index contributed by atoms with van der Waals surface area (Å²) in [6.07, 6.45) is 10.8. The van der Waals surface area contributed by atoms with E-state index in [-0.39, 0.29) is 0 Å². The smallest absolute Gasteiger partial charge is 0.303 e. The van der Waals surface area contributed by atoms with Crippen LogP contribution >= 0.6 is 11.8 Å². The average Bonchev–Trinajstić information content (AvgIpc) is 2.37. The fourth-order valence-corrected chi connectivity index (χ4v) is 2.97. The first-order valence-electron chi connectivity index (χ1n) is 6.52. The third kappa shape index (κ3) is 6.15. The van der Waals surface area contributed by atoms with Gasteiger partial charge in [-0.25, -0.2) is 0 Å². The molecule has 1 aliphatic rings. The Morgan fingerprint density at radius 3 is 2.89 bits per heavy atom. The van der Waals surface area contributed by atoms with Crippen LogP contribution in [0.25, 0.3) is 0 Å². The van der Waals surface area contributed by atoms with Crippen LogP contribution in [0.3, 0.4) is 0 Å². The first kappa shape index (κ1) is 15.2. The third-order valence-electron chi connectivity index (χ3n) is 2.87. The van der Waals surface area contributed by atoms with Gasteiger partial charge in [-0.05, 0) is 31.1 Å². The lowest BCUT2D eigenvalue weighted by atomic mass is 10.1. The topological polar surface area (TPSA) is 46.5 Å². The summed E-state index contributed by atoms with van der Waals surface area (Å²) in [6.45, 7) is 0. The molecule has 0 saturated carbocycles. The molecule has 4 heteroatoms. The van der Waals surface area contributed by atoms with Gasteiger partial charge >= 0.3 is 5.97 Å². The number of carboxylic acids is 1. The highest BCUT2D eigenvalue weighted by Crippen LogP contribution is 2.29. The Balaban J connectivity index is 2.08. The molecule has 0 spiro atoms. The molecular formula is C14H22O3S. The average molecular weight is 270 g/mol. The normalized spacial score (nSPS) is 14.9. The summed E-state index contributed by atoms with van der Waals surface area (Å²) in [5.41, 5.74) is 0. The van der Waals surface area contributed by atoms with E-state index in [4.69, 9.17) is 9.84 Å². The summed E-state index contributed by atoms with van der Waals surface area (Å²) < 4.78 is 5.37. The second-order valence-electron chi connectivity index (χ2n) is 4.34. The number of carbonyl (C=O) groups is 1. The molecule has 1 rings (SSSR count). The Bertz CT molecular complexity index is 321. The van der Waals surface area contributed by atoms with Crippen LogP contribution in [0.4, 0.5) is 0 Å². The van der Waals surface area contributed by atoms with Gasteiger partial charge in [0.25, 0.3) is 0 Å². The summed E-state index contributed by atoms with van der Waals surface area (Å²) >= 11 is 1.85. The maximum Gasteiger partial charge on any atom is 0.303 e. The van der Waals surface area contributed by atoms with Crippen LogP contribution in [0, 0.1) is 0 Å². The fraction of sp³-hybridized carbons (Fsp3) is 0.643. The number of methoxy groups -OCH3 is 1. The standard InChI is InChI=1S/C14H22O3S/c1-17-12-8-5-6-9-13(12)18-11-7-3-2-4-10-14(15)16/h6,9H,2-5,7-8,10-11H2,1H3,(H,15,16). The lowest BCUT2D eigenvalue weighted by Gasteiger charge is -2.14. The minimum absolute atomic E-state index is 0.300. The van der Waals surface area contributed by atoms with Gasteiger partial charge in [0.15, 0.2) is 0 Å². The van der Waals surface area contributed by atoms with E-state index in [1.54, 1.807) is 7.11 Å². The van der Waals surface area contributed by atoms with Crippen LogP contribution in [0.2, 0.25) is 0 Å². The molecule has 0 amide bonds. The van der Waals surface area contributed by atoms with Gasteiger partial charge < -0.3 is 9.84 Å². The van der Waals surface area contributed by atoms with Crippen molar-refractivity contribution in [2.75, 3.05) is 12.9 Å². The predicted octanol–water partition coefficient (Wildman–Crippen LogP) is 3.96. The van der Waals surface area contributed by atoms with Gasteiger partial charge in [0, 0.05) is 17.7 Å². The Morgan fingerprint density at radius 1 is 1.39 bits per heavy atom.